The highest BCUT2D eigenvalue weighted by molar-refractivity contribution is 7.58. The fraction of sp³-hybridized carbons (Fsp3) is 0.348. The Kier molecular flexibility index (Phi) is 11.3. The zero-order chi connectivity index (χ0) is 30.9. The zero-order valence-electron chi connectivity index (χ0n) is 22.2. The first-order chi connectivity index (χ1) is 19.9. The number of fused-ring (bicyclic) bond motifs is 1. The molecule has 0 spiro atoms. The Morgan fingerprint density at radius 3 is 1.90 bits per heavy atom. The fourth-order valence-corrected chi connectivity index (χ4v) is 5.04. The lowest BCUT2D eigenvalue weighted by Crippen LogP contribution is -2.34. The van der Waals surface area contributed by atoms with Gasteiger partial charge < -0.3 is 24.2 Å². The van der Waals surface area contributed by atoms with Crippen LogP contribution in [-0.4, -0.2) is 64.3 Å². The van der Waals surface area contributed by atoms with Crippen molar-refractivity contribution < 1.29 is 38.0 Å². The molecule has 0 radical (unpaired) electrons. The number of benzene rings is 2. The van der Waals surface area contributed by atoms with Crippen LogP contribution in [0.3, 0.4) is 0 Å². The highest BCUT2D eigenvalue weighted by atomic mass is 32.1. The lowest BCUT2D eigenvalue weighted by atomic mass is 10.2. The number of anilines is 1. The molecule has 4 atom stereocenters. The van der Waals surface area contributed by atoms with Crippen molar-refractivity contribution in [1.82, 2.24) is 4.98 Å². The van der Waals surface area contributed by atoms with Crippen LogP contribution in [0, 0.1) is 9.81 Å². The molecule has 0 aliphatic carbocycles. The van der Waals surface area contributed by atoms with Crippen LogP contribution in [0.1, 0.15) is 13.8 Å². The van der Waals surface area contributed by atoms with E-state index in [1.54, 1.807) is 29.2 Å². The summed E-state index contributed by atoms with van der Waals surface area (Å²) in [6.45, 7) is 1.53. The van der Waals surface area contributed by atoms with E-state index in [1.807, 2.05) is 24.3 Å². The Bertz CT molecular complexity index is 1480. The SMILES string of the molecule is CC(C(=O)OCCN(CCOC(=O)C(C)P(=O)(O)N=O)c1ccc(/N=N/c2nc3ccccc3s2)cc1)P(=O)(O)N=O. The van der Waals surface area contributed by atoms with Crippen molar-refractivity contribution in [2.75, 3.05) is 31.2 Å². The first kappa shape index (κ1) is 32.8. The van der Waals surface area contributed by atoms with Crippen LogP contribution < -0.4 is 4.90 Å². The first-order valence-corrected chi connectivity index (χ1v) is 16.4. The van der Waals surface area contributed by atoms with Crippen molar-refractivity contribution in [1.29, 1.82) is 0 Å². The smallest absolute Gasteiger partial charge is 0.363 e. The Labute approximate surface area is 242 Å². The summed E-state index contributed by atoms with van der Waals surface area (Å²) >= 11 is 1.38. The number of para-hydroxylation sites is 1. The van der Waals surface area contributed by atoms with Gasteiger partial charge in [0.05, 0.1) is 29.0 Å². The predicted octanol–water partition coefficient (Wildman–Crippen LogP) is 5.29. The number of nitroso groups, excluding NO2 is 2. The highest BCUT2D eigenvalue weighted by Crippen LogP contribution is 2.48. The molecule has 3 aromatic rings. The quantitative estimate of drug-likeness (QED) is 0.0935. The van der Waals surface area contributed by atoms with Gasteiger partial charge in [0.15, 0.2) is 11.3 Å². The van der Waals surface area contributed by atoms with Crippen LogP contribution >= 0.6 is 26.4 Å². The number of aromatic nitrogens is 1. The van der Waals surface area contributed by atoms with Gasteiger partial charge in [0.1, 0.15) is 13.2 Å². The predicted molar refractivity (Wildman–Crippen MR) is 155 cm³/mol. The molecule has 0 fully saturated rings. The van der Waals surface area contributed by atoms with Gasteiger partial charge in [0.2, 0.25) is 5.13 Å². The van der Waals surface area contributed by atoms with Gasteiger partial charge in [0.25, 0.3) is 0 Å². The number of rotatable bonds is 15. The molecule has 19 heteroatoms. The lowest BCUT2D eigenvalue weighted by molar-refractivity contribution is -0.143. The number of carbonyl (C=O) groups excluding carboxylic acids is 2. The Morgan fingerprint density at radius 2 is 1.40 bits per heavy atom. The molecule has 2 aromatic carbocycles. The summed E-state index contributed by atoms with van der Waals surface area (Å²) in [5.74, 6) is -2.21. The van der Waals surface area contributed by atoms with Crippen molar-refractivity contribution in [2.24, 2.45) is 20.1 Å². The number of carbonyl (C=O) groups is 2. The molecule has 1 aromatic heterocycles. The number of ether oxygens (including phenoxy) is 2. The summed E-state index contributed by atoms with van der Waals surface area (Å²) in [5.41, 5.74) is -1.45. The fourth-order valence-electron chi connectivity index (χ4n) is 3.27. The maximum atomic E-state index is 12.1. The Balaban J connectivity index is 1.68. The Morgan fingerprint density at radius 1 is 0.881 bits per heavy atom. The summed E-state index contributed by atoms with van der Waals surface area (Å²) in [5, 5.41) is 8.84. The van der Waals surface area contributed by atoms with Gasteiger partial charge in [-0.05, 0) is 50.2 Å². The molecule has 0 saturated heterocycles. The van der Waals surface area contributed by atoms with Crippen LogP contribution in [0.2, 0.25) is 0 Å². The molecule has 2 N–H and O–H groups in total. The maximum Gasteiger partial charge on any atom is 0.363 e. The van der Waals surface area contributed by atoms with Gasteiger partial charge in [-0.25, -0.2) is 4.98 Å². The zero-order valence-corrected chi connectivity index (χ0v) is 24.9. The van der Waals surface area contributed by atoms with Crippen molar-refractivity contribution in [2.45, 2.75) is 25.2 Å². The van der Waals surface area contributed by atoms with Crippen molar-refractivity contribution >= 4 is 65.0 Å². The minimum Gasteiger partial charge on any atom is -0.463 e. The van der Waals surface area contributed by atoms with Gasteiger partial charge in [-0.2, -0.15) is 0 Å². The van der Waals surface area contributed by atoms with Gasteiger partial charge in [-0.3, -0.25) is 18.7 Å². The molecule has 0 amide bonds. The van der Waals surface area contributed by atoms with E-state index >= 15 is 0 Å². The van der Waals surface area contributed by atoms with E-state index in [0.29, 0.717) is 16.5 Å². The number of azo groups is 1. The second kappa shape index (κ2) is 14.4. The molecule has 4 unspecified atom stereocenters. The largest absolute Gasteiger partial charge is 0.463 e. The molecular weight excluding hydrogens is 614 g/mol. The van der Waals surface area contributed by atoms with Crippen molar-refractivity contribution in [3.05, 3.63) is 58.3 Å². The van der Waals surface area contributed by atoms with Crippen LogP contribution in [0.15, 0.2) is 68.7 Å². The highest BCUT2D eigenvalue weighted by Gasteiger charge is 2.37. The third-order valence-corrected chi connectivity index (χ3v) is 9.71. The average molecular weight is 641 g/mol. The van der Waals surface area contributed by atoms with Crippen LogP contribution in [-0.2, 0) is 28.2 Å². The number of thiazole rings is 1. The normalized spacial score (nSPS) is 15.7. The molecule has 3 rings (SSSR count). The minimum atomic E-state index is -4.61. The molecule has 0 aliphatic heterocycles. The standard InChI is InChI=1S/C23H26N6O10P2S/c1-15(40(34,35)27-32)21(30)38-13-11-29(12-14-39-22(31)16(2)41(36,37)28-33)18-9-7-17(8-10-18)25-26-23-24-19-5-3-4-6-20(19)42-23/h3-10,15-16H,11-14H2,1-2H3,(H,34,35)(H,36,37)/b26-25+. The lowest BCUT2D eigenvalue weighted by Gasteiger charge is -2.25. The van der Waals surface area contributed by atoms with E-state index in [9.17, 15) is 38.3 Å². The van der Waals surface area contributed by atoms with Gasteiger partial charge in [0, 0.05) is 15.6 Å². The maximum absolute atomic E-state index is 12.1. The van der Waals surface area contributed by atoms with E-state index in [0.717, 1.165) is 24.1 Å². The van der Waals surface area contributed by atoms with Crippen molar-refractivity contribution in [3.8, 4) is 0 Å². The summed E-state index contributed by atoms with van der Waals surface area (Å²) in [4.78, 5) is 74.4. The molecule has 0 bridgehead atoms. The van der Waals surface area contributed by atoms with E-state index in [-0.39, 0.29) is 26.3 Å². The molecule has 1 heterocycles. The Hall–Kier alpha value is -3.75. The summed E-state index contributed by atoms with van der Waals surface area (Å²) in [7, 11) is -9.23. The number of hydrogen-bond acceptors (Lipinski definition) is 13. The third-order valence-electron chi connectivity index (χ3n) is 5.88. The van der Waals surface area contributed by atoms with Gasteiger partial charge in [-0.15, -0.1) is 20.0 Å². The monoisotopic (exact) mass is 640 g/mol. The molecule has 16 nitrogen and oxygen atoms in total. The second-order valence-electron chi connectivity index (χ2n) is 8.70. The number of nitrogens with zero attached hydrogens (tertiary/aromatic N) is 6. The third kappa shape index (κ3) is 8.63. The molecule has 224 valence electrons. The topological polar surface area (TPSA) is 227 Å². The van der Waals surface area contributed by atoms with E-state index in [2.05, 4.69) is 25.1 Å². The summed E-state index contributed by atoms with van der Waals surface area (Å²) in [6.07, 6.45) is 0. The van der Waals surface area contributed by atoms with Crippen LogP contribution in [0.5, 0.6) is 0 Å². The van der Waals surface area contributed by atoms with E-state index in [1.165, 1.54) is 11.3 Å². The molecule has 0 aliphatic rings. The number of hydrogen-bond donors (Lipinski definition) is 2. The van der Waals surface area contributed by atoms with Crippen LogP contribution in [0.4, 0.5) is 16.5 Å². The van der Waals surface area contributed by atoms with Crippen LogP contribution in [0.25, 0.3) is 10.2 Å². The summed E-state index contributed by atoms with van der Waals surface area (Å²) < 4.78 is 34.3. The first-order valence-electron chi connectivity index (χ1n) is 12.2. The minimum absolute atomic E-state index is 0.0107. The van der Waals surface area contributed by atoms with Gasteiger partial charge >= 0.3 is 27.0 Å². The molecular formula is C23H26N6O10P2S. The average Bonchev–Trinajstić information content (AvgIpc) is 3.41. The number of esters is 2. The van der Waals surface area contributed by atoms with Gasteiger partial charge in [-0.1, -0.05) is 23.5 Å². The second-order valence-corrected chi connectivity index (χ2v) is 13.9. The van der Waals surface area contributed by atoms with Crippen molar-refractivity contribution in [3.63, 3.8) is 0 Å². The molecule has 0 saturated carbocycles. The van der Waals surface area contributed by atoms with E-state index < -0.39 is 38.3 Å². The molecule has 42 heavy (non-hydrogen) atoms. The van der Waals surface area contributed by atoms with E-state index in [4.69, 9.17) is 9.47 Å². The summed E-state index contributed by atoms with van der Waals surface area (Å²) in [6, 6.07) is 14.2.